The average Bonchev–Trinajstić information content (AvgIpc) is 2.27. The van der Waals surface area contributed by atoms with E-state index in [1.54, 1.807) is 0 Å². The number of rotatable bonds is 4. The standard InChI is InChI=1S/C11H12N2O4S/c1-11(2,10(14)15)13-18(16,17)9-5-3-4-8(6-9)7-12/h3-6,13H,1-2H3,(H,14,15). The lowest BCUT2D eigenvalue weighted by atomic mass is 10.1. The maximum Gasteiger partial charge on any atom is 0.324 e. The molecule has 0 aliphatic heterocycles. The molecule has 0 aliphatic rings. The van der Waals surface area contributed by atoms with Crippen LogP contribution in [0.4, 0.5) is 0 Å². The van der Waals surface area contributed by atoms with Crippen LogP contribution in [-0.2, 0) is 14.8 Å². The van der Waals surface area contributed by atoms with Gasteiger partial charge in [0.1, 0.15) is 5.54 Å². The molecular weight excluding hydrogens is 256 g/mol. The van der Waals surface area contributed by atoms with Crippen molar-refractivity contribution in [3.8, 4) is 6.07 Å². The fourth-order valence-electron chi connectivity index (χ4n) is 1.17. The molecule has 0 fully saturated rings. The van der Waals surface area contributed by atoms with Crippen LogP contribution in [0.2, 0.25) is 0 Å². The zero-order chi connectivity index (χ0) is 14.0. The first-order valence-corrected chi connectivity index (χ1v) is 6.45. The molecule has 2 N–H and O–H groups in total. The predicted octanol–water partition coefficient (Wildman–Crippen LogP) is 0.700. The Morgan fingerprint density at radius 2 is 2.06 bits per heavy atom. The number of carboxylic acid groups (broad SMARTS) is 1. The lowest BCUT2D eigenvalue weighted by Crippen LogP contribution is -2.49. The number of nitrogens with zero attached hydrogens (tertiary/aromatic N) is 1. The van der Waals surface area contributed by atoms with Gasteiger partial charge in [-0.25, -0.2) is 8.42 Å². The van der Waals surface area contributed by atoms with Crippen LogP contribution in [0.5, 0.6) is 0 Å². The number of hydrogen-bond donors (Lipinski definition) is 2. The highest BCUT2D eigenvalue weighted by molar-refractivity contribution is 7.89. The Bertz CT molecular complexity index is 614. The molecule has 18 heavy (non-hydrogen) atoms. The molecule has 0 saturated heterocycles. The van der Waals surface area contributed by atoms with Gasteiger partial charge in [-0.2, -0.15) is 9.98 Å². The monoisotopic (exact) mass is 268 g/mol. The van der Waals surface area contributed by atoms with E-state index in [0.29, 0.717) is 0 Å². The number of carbonyl (C=O) groups is 1. The van der Waals surface area contributed by atoms with Crippen LogP contribution in [0.25, 0.3) is 0 Å². The van der Waals surface area contributed by atoms with Gasteiger partial charge in [-0.15, -0.1) is 0 Å². The zero-order valence-corrected chi connectivity index (χ0v) is 10.7. The summed E-state index contributed by atoms with van der Waals surface area (Å²) >= 11 is 0. The SMILES string of the molecule is CC(C)(NS(=O)(=O)c1cccc(C#N)c1)C(=O)O. The summed E-state index contributed by atoms with van der Waals surface area (Å²) in [4.78, 5) is 10.7. The Labute approximate surface area is 105 Å². The number of nitrogens with one attached hydrogen (secondary N) is 1. The second kappa shape index (κ2) is 4.76. The number of nitriles is 1. The fourth-order valence-corrected chi connectivity index (χ4v) is 2.59. The van der Waals surface area contributed by atoms with E-state index in [1.807, 2.05) is 6.07 Å². The molecule has 0 unspecified atom stereocenters. The molecule has 0 spiro atoms. The summed E-state index contributed by atoms with van der Waals surface area (Å²) in [7, 11) is -3.98. The van der Waals surface area contributed by atoms with E-state index in [4.69, 9.17) is 10.4 Å². The number of carboxylic acids is 1. The summed E-state index contributed by atoms with van der Waals surface area (Å²) < 4.78 is 25.9. The van der Waals surface area contributed by atoms with Crippen molar-refractivity contribution in [1.29, 1.82) is 5.26 Å². The maximum atomic E-state index is 11.9. The van der Waals surface area contributed by atoms with Gasteiger partial charge in [0.25, 0.3) is 0 Å². The van der Waals surface area contributed by atoms with Crippen LogP contribution >= 0.6 is 0 Å². The van der Waals surface area contributed by atoms with Gasteiger partial charge >= 0.3 is 5.97 Å². The van der Waals surface area contributed by atoms with Crippen molar-refractivity contribution >= 4 is 16.0 Å². The highest BCUT2D eigenvalue weighted by Crippen LogP contribution is 2.14. The second-order valence-electron chi connectivity index (χ2n) is 4.18. The number of benzene rings is 1. The van der Waals surface area contributed by atoms with E-state index in [2.05, 4.69) is 4.72 Å². The largest absolute Gasteiger partial charge is 0.480 e. The van der Waals surface area contributed by atoms with E-state index < -0.39 is 21.5 Å². The molecule has 0 radical (unpaired) electrons. The minimum absolute atomic E-state index is 0.143. The maximum absolute atomic E-state index is 11.9. The molecule has 0 aliphatic carbocycles. The molecule has 0 bridgehead atoms. The Kier molecular flexibility index (Phi) is 3.74. The van der Waals surface area contributed by atoms with Gasteiger partial charge in [-0.1, -0.05) is 6.07 Å². The molecule has 0 aromatic heterocycles. The molecule has 96 valence electrons. The Morgan fingerprint density at radius 3 is 2.56 bits per heavy atom. The zero-order valence-electron chi connectivity index (χ0n) is 9.84. The lowest BCUT2D eigenvalue weighted by molar-refractivity contribution is -0.142. The number of sulfonamides is 1. The van der Waals surface area contributed by atoms with Crippen molar-refractivity contribution in [2.24, 2.45) is 0 Å². The van der Waals surface area contributed by atoms with Crippen molar-refractivity contribution in [3.05, 3.63) is 29.8 Å². The molecule has 0 atom stereocenters. The lowest BCUT2D eigenvalue weighted by Gasteiger charge is -2.20. The van der Waals surface area contributed by atoms with Crippen molar-refractivity contribution in [2.45, 2.75) is 24.3 Å². The summed E-state index contributed by atoms with van der Waals surface area (Å²) in [5, 5.41) is 17.6. The minimum Gasteiger partial charge on any atom is -0.480 e. The molecule has 0 heterocycles. The first-order valence-electron chi connectivity index (χ1n) is 4.96. The van der Waals surface area contributed by atoms with Crippen LogP contribution in [-0.4, -0.2) is 25.0 Å². The number of aliphatic carboxylic acids is 1. The third-order valence-electron chi connectivity index (χ3n) is 2.20. The smallest absolute Gasteiger partial charge is 0.324 e. The first kappa shape index (κ1) is 14.2. The van der Waals surface area contributed by atoms with Gasteiger partial charge < -0.3 is 5.11 Å². The Balaban J connectivity index is 3.16. The third kappa shape index (κ3) is 3.06. The predicted molar refractivity (Wildman–Crippen MR) is 63.2 cm³/mol. The first-order chi connectivity index (χ1) is 8.19. The fraction of sp³-hybridized carbons (Fsp3) is 0.273. The summed E-state index contributed by atoms with van der Waals surface area (Å²) in [6.07, 6.45) is 0. The van der Waals surface area contributed by atoms with Gasteiger partial charge in [0.05, 0.1) is 16.5 Å². The van der Waals surface area contributed by atoms with Crippen LogP contribution in [0.1, 0.15) is 19.4 Å². The summed E-state index contributed by atoms with van der Waals surface area (Å²) in [6.45, 7) is 2.47. The third-order valence-corrected chi connectivity index (χ3v) is 3.85. The van der Waals surface area contributed by atoms with Gasteiger partial charge in [-0.3, -0.25) is 4.79 Å². The highest BCUT2D eigenvalue weighted by atomic mass is 32.2. The van der Waals surface area contributed by atoms with Gasteiger partial charge in [0.15, 0.2) is 0 Å². The van der Waals surface area contributed by atoms with Crippen LogP contribution in [0.15, 0.2) is 29.2 Å². The molecule has 7 heteroatoms. The topological polar surface area (TPSA) is 107 Å². The summed E-state index contributed by atoms with van der Waals surface area (Å²) in [6, 6.07) is 7.17. The molecule has 1 rings (SSSR count). The van der Waals surface area contributed by atoms with Crippen LogP contribution in [0.3, 0.4) is 0 Å². The van der Waals surface area contributed by atoms with Gasteiger partial charge in [-0.05, 0) is 32.0 Å². The molecule has 0 saturated carbocycles. The van der Waals surface area contributed by atoms with Crippen LogP contribution < -0.4 is 4.72 Å². The summed E-state index contributed by atoms with van der Waals surface area (Å²) in [5.41, 5.74) is -1.44. The van der Waals surface area contributed by atoms with E-state index in [0.717, 1.165) is 0 Å². The van der Waals surface area contributed by atoms with Crippen molar-refractivity contribution in [2.75, 3.05) is 0 Å². The second-order valence-corrected chi connectivity index (χ2v) is 5.86. The van der Waals surface area contributed by atoms with Gasteiger partial charge in [0.2, 0.25) is 10.0 Å². The van der Waals surface area contributed by atoms with E-state index >= 15 is 0 Å². The van der Waals surface area contributed by atoms with Crippen molar-refractivity contribution < 1.29 is 18.3 Å². The molecule has 0 amide bonds. The minimum atomic E-state index is -3.98. The van der Waals surface area contributed by atoms with Crippen molar-refractivity contribution in [3.63, 3.8) is 0 Å². The Morgan fingerprint density at radius 1 is 1.44 bits per heavy atom. The van der Waals surface area contributed by atoms with E-state index in [9.17, 15) is 13.2 Å². The molecule has 6 nitrogen and oxygen atoms in total. The Hall–Kier alpha value is -1.91. The van der Waals surface area contributed by atoms with Crippen LogP contribution in [0, 0.1) is 11.3 Å². The quantitative estimate of drug-likeness (QED) is 0.835. The highest BCUT2D eigenvalue weighted by Gasteiger charge is 2.33. The van der Waals surface area contributed by atoms with E-state index in [-0.39, 0.29) is 10.5 Å². The molecular formula is C11H12N2O4S. The van der Waals surface area contributed by atoms with Gasteiger partial charge in [0, 0.05) is 0 Å². The van der Waals surface area contributed by atoms with Crippen molar-refractivity contribution in [1.82, 2.24) is 4.72 Å². The molecule has 1 aromatic rings. The normalized spacial score (nSPS) is 11.8. The van der Waals surface area contributed by atoms with E-state index in [1.165, 1.54) is 38.1 Å². The summed E-state index contributed by atoms with van der Waals surface area (Å²) in [5.74, 6) is -1.29. The number of hydrogen-bond acceptors (Lipinski definition) is 4. The molecule has 1 aromatic carbocycles. The average molecular weight is 268 g/mol.